The number of pyridine rings is 1. The fraction of sp³-hybridized carbons (Fsp3) is 0.250. The smallest absolute Gasteiger partial charge is 0.258 e. The fourth-order valence-corrected chi connectivity index (χ4v) is 2.37. The zero-order valence-electron chi connectivity index (χ0n) is 9.74. The molecular weight excluding hydrogens is 240 g/mol. The van der Waals surface area contributed by atoms with Crippen LogP contribution in [-0.4, -0.2) is 9.91 Å². The minimum atomic E-state index is -0.403. The maximum Gasteiger partial charge on any atom is 0.283 e. The Morgan fingerprint density at radius 2 is 1.88 bits per heavy atom. The average molecular weight is 251 g/mol. The Morgan fingerprint density at radius 1 is 1.24 bits per heavy atom. The Kier molecular flexibility index (Phi) is 2.75. The van der Waals surface area contributed by atoms with Crippen LogP contribution in [0.25, 0.3) is 10.9 Å². The molecule has 0 bridgehead atoms. The van der Waals surface area contributed by atoms with Crippen molar-refractivity contribution in [1.29, 1.82) is 0 Å². The van der Waals surface area contributed by atoms with Gasteiger partial charge in [-0.2, -0.15) is 0 Å². The van der Waals surface area contributed by atoms with Gasteiger partial charge in [-0.3, -0.25) is 15.1 Å². The number of aryl methyl sites for hydroxylation is 3. The molecule has 1 aromatic heterocycles. The molecule has 88 valence electrons. The van der Waals surface area contributed by atoms with Crippen LogP contribution in [0.15, 0.2) is 12.1 Å². The van der Waals surface area contributed by atoms with Gasteiger partial charge in [0.1, 0.15) is 0 Å². The lowest BCUT2D eigenvalue weighted by Crippen LogP contribution is -1.98. The van der Waals surface area contributed by atoms with Crippen molar-refractivity contribution in [3.63, 3.8) is 0 Å². The summed E-state index contributed by atoms with van der Waals surface area (Å²) >= 11 is 6.11. The van der Waals surface area contributed by atoms with E-state index in [1.165, 1.54) is 0 Å². The molecule has 0 aliphatic carbocycles. The number of hydrogen-bond donors (Lipinski definition) is 0. The molecule has 0 radical (unpaired) electrons. The van der Waals surface area contributed by atoms with Gasteiger partial charge in [-0.25, -0.2) is 0 Å². The Balaban J connectivity index is 3.05. The van der Waals surface area contributed by atoms with E-state index < -0.39 is 4.92 Å². The molecule has 0 saturated heterocycles. The Morgan fingerprint density at radius 3 is 2.47 bits per heavy atom. The van der Waals surface area contributed by atoms with E-state index in [2.05, 4.69) is 4.98 Å². The number of nitrogens with zero attached hydrogens (tertiary/aromatic N) is 2. The van der Waals surface area contributed by atoms with Gasteiger partial charge in [-0.05, 0) is 38.5 Å². The Hall–Kier alpha value is -1.68. The third-order valence-corrected chi connectivity index (χ3v) is 3.00. The van der Waals surface area contributed by atoms with Gasteiger partial charge in [-0.15, -0.1) is 0 Å². The van der Waals surface area contributed by atoms with Crippen molar-refractivity contribution < 1.29 is 4.92 Å². The standard InChI is InChI=1S/C12H11ClN2O2/c1-6-4-7(2)12(15(16)17)10-9(13)5-8(3)14-11(6)10/h4-5H,1-3H3. The van der Waals surface area contributed by atoms with Crippen molar-refractivity contribution in [2.45, 2.75) is 20.8 Å². The number of hydrogen-bond acceptors (Lipinski definition) is 3. The zero-order chi connectivity index (χ0) is 12.7. The second-order valence-electron chi connectivity index (χ2n) is 4.09. The fourth-order valence-electron chi connectivity index (χ4n) is 2.04. The third kappa shape index (κ3) is 1.85. The van der Waals surface area contributed by atoms with Crippen molar-refractivity contribution in [1.82, 2.24) is 4.98 Å². The van der Waals surface area contributed by atoms with E-state index in [0.717, 1.165) is 11.3 Å². The van der Waals surface area contributed by atoms with Gasteiger partial charge >= 0.3 is 0 Å². The molecule has 0 amide bonds. The third-order valence-electron chi connectivity index (χ3n) is 2.70. The summed E-state index contributed by atoms with van der Waals surface area (Å²) in [5.41, 5.74) is 2.90. The second-order valence-corrected chi connectivity index (χ2v) is 4.49. The zero-order valence-corrected chi connectivity index (χ0v) is 10.5. The van der Waals surface area contributed by atoms with Gasteiger partial charge in [0.25, 0.3) is 5.69 Å². The van der Waals surface area contributed by atoms with Crippen LogP contribution in [-0.2, 0) is 0 Å². The summed E-state index contributed by atoms with van der Waals surface area (Å²) in [6, 6.07) is 3.42. The predicted octanol–water partition coefficient (Wildman–Crippen LogP) is 3.72. The molecule has 0 spiro atoms. The maximum absolute atomic E-state index is 11.1. The van der Waals surface area contributed by atoms with Gasteiger partial charge in [-0.1, -0.05) is 11.6 Å². The molecule has 0 fully saturated rings. The molecule has 4 nitrogen and oxygen atoms in total. The average Bonchev–Trinajstić information content (AvgIpc) is 2.19. The van der Waals surface area contributed by atoms with Crippen LogP contribution in [0.2, 0.25) is 5.02 Å². The first kappa shape index (κ1) is 11.8. The summed E-state index contributed by atoms with van der Waals surface area (Å²) in [6.45, 7) is 5.40. The summed E-state index contributed by atoms with van der Waals surface area (Å²) in [4.78, 5) is 15.0. The summed E-state index contributed by atoms with van der Waals surface area (Å²) in [7, 11) is 0. The molecule has 2 rings (SSSR count). The van der Waals surface area contributed by atoms with Crippen LogP contribution in [0.1, 0.15) is 16.8 Å². The Bertz CT molecular complexity index is 638. The number of nitro benzene ring substituents is 1. The number of benzene rings is 1. The van der Waals surface area contributed by atoms with Crippen molar-refractivity contribution in [3.8, 4) is 0 Å². The summed E-state index contributed by atoms with van der Waals surface area (Å²) in [5, 5.41) is 11.9. The molecule has 0 atom stereocenters. The highest BCUT2D eigenvalue weighted by atomic mass is 35.5. The molecule has 0 aliphatic heterocycles. The van der Waals surface area contributed by atoms with Gasteiger partial charge in [0, 0.05) is 11.3 Å². The van der Waals surface area contributed by atoms with Gasteiger partial charge < -0.3 is 0 Å². The molecule has 17 heavy (non-hydrogen) atoms. The van der Waals surface area contributed by atoms with Crippen LogP contribution in [0.3, 0.4) is 0 Å². The molecule has 0 unspecified atom stereocenters. The summed E-state index contributed by atoms with van der Waals surface area (Å²) < 4.78 is 0. The lowest BCUT2D eigenvalue weighted by Gasteiger charge is -2.08. The molecular formula is C12H11ClN2O2. The normalized spacial score (nSPS) is 10.8. The predicted molar refractivity (Wildman–Crippen MR) is 67.6 cm³/mol. The van der Waals surface area contributed by atoms with Crippen molar-refractivity contribution in [2.24, 2.45) is 0 Å². The van der Waals surface area contributed by atoms with Crippen molar-refractivity contribution in [2.75, 3.05) is 0 Å². The minimum absolute atomic E-state index is 0.0445. The van der Waals surface area contributed by atoms with Gasteiger partial charge in [0.05, 0.1) is 20.8 Å². The topological polar surface area (TPSA) is 56.0 Å². The number of rotatable bonds is 1. The van der Waals surface area contributed by atoms with Gasteiger partial charge in [0.2, 0.25) is 0 Å². The monoisotopic (exact) mass is 250 g/mol. The van der Waals surface area contributed by atoms with Crippen LogP contribution < -0.4 is 0 Å². The quantitative estimate of drug-likeness (QED) is 0.572. The maximum atomic E-state index is 11.1. The van der Waals surface area contributed by atoms with Crippen LogP contribution in [0.4, 0.5) is 5.69 Å². The number of fused-ring (bicyclic) bond motifs is 1. The number of aromatic nitrogens is 1. The number of halogens is 1. The van der Waals surface area contributed by atoms with E-state index in [4.69, 9.17) is 11.6 Å². The van der Waals surface area contributed by atoms with Crippen LogP contribution in [0.5, 0.6) is 0 Å². The number of nitro groups is 1. The molecule has 1 heterocycles. The highest BCUT2D eigenvalue weighted by Gasteiger charge is 2.21. The van der Waals surface area contributed by atoms with E-state index in [-0.39, 0.29) is 5.69 Å². The van der Waals surface area contributed by atoms with E-state index in [1.807, 2.05) is 13.8 Å². The van der Waals surface area contributed by atoms with E-state index in [9.17, 15) is 10.1 Å². The van der Waals surface area contributed by atoms with E-state index in [1.54, 1.807) is 19.1 Å². The highest BCUT2D eigenvalue weighted by molar-refractivity contribution is 6.36. The van der Waals surface area contributed by atoms with E-state index >= 15 is 0 Å². The molecule has 2 aromatic rings. The lowest BCUT2D eigenvalue weighted by molar-refractivity contribution is -0.383. The highest BCUT2D eigenvalue weighted by Crippen LogP contribution is 2.35. The SMILES string of the molecule is Cc1cc(Cl)c2c([N+](=O)[O-])c(C)cc(C)c2n1. The first-order chi connectivity index (χ1) is 7.91. The van der Waals surface area contributed by atoms with Crippen LogP contribution in [0, 0.1) is 30.9 Å². The van der Waals surface area contributed by atoms with Crippen LogP contribution >= 0.6 is 11.6 Å². The van der Waals surface area contributed by atoms with Crippen molar-refractivity contribution >= 4 is 28.2 Å². The largest absolute Gasteiger partial charge is 0.283 e. The second kappa shape index (κ2) is 3.96. The molecule has 0 saturated carbocycles. The van der Waals surface area contributed by atoms with Crippen molar-refractivity contribution in [3.05, 3.63) is 44.1 Å². The van der Waals surface area contributed by atoms with Gasteiger partial charge in [0.15, 0.2) is 0 Å². The first-order valence-corrected chi connectivity index (χ1v) is 5.51. The first-order valence-electron chi connectivity index (χ1n) is 5.13. The molecule has 0 N–H and O–H groups in total. The molecule has 5 heteroatoms. The molecule has 0 aliphatic rings. The lowest BCUT2D eigenvalue weighted by atomic mass is 10.0. The molecule has 1 aromatic carbocycles. The van der Waals surface area contributed by atoms with E-state index in [0.29, 0.717) is 21.5 Å². The summed E-state index contributed by atoms with van der Waals surface area (Å²) in [5.74, 6) is 0. The summed E-state index contributed by atoms with van der Waals surface area (Å²) in [6.07, 6.45) is 0. The Labute approximate surface area is 103 Å². The minimum Gasteiger partial charge on any atom is -0.258 e.